The molecule has 3 N–H and O–H groups in total. The van der Waals surface area contributed by atoms with Crippen LogP contribution in [-0.2, 0) is 0 Å². The molecule has 5 heteroatoms. The molecule has 1 aliphatic rings. The SMILES string of the molecule is CN1CCC(COc2ccc(-c3ccccc3)c3c(N)n[nH]c23)CC1. The Morgan fingerprint density at radius 1 is 1.16 bits per heavy atom. The topological polar surface area (TPSA) is 67.2 Å². The number of hydrogen-bond donors (Lipinski definition) is 2. The van der Waals surface area contributed by atoms with Crippen LogP contribution in [0.1, 0.15) is 12.8 Å². The Morgan fingerprint density at radius 2 is 1.92 bits per heavy atom. The first-order chi connectivity index (χ1) is 12.2. The number of nitrogens with zero attached hydrogens (tertiary/aromatic N) is 2. The van der Waals surface area contributed by atoms with E-state index in [1.807, 2.05) is 24.3 Å². The summed E-state index contributed by atoms with van der Waals surface area (Å²) < 4.78 is 6.15. The van der Waals surface area contributed by atoms with E-state index in [2.05, 4.69) is 40.3 Å². The second-order valence-electron chi connectivity index (χ2n) is 6.89. The van der Waals surface area contributed by atoms with Gasteiger partial charge in [-0.15, -0.1) is 0 Å². The van der Waals surface area contributed by atoms with Gasteiger partial charge in [0.05, 0.1) is 12.0 Å². The molecule has 0 atom stereocenters. The molecular formula is C20H24N4O. The number of benzene rings is 2. The van der Waals surface area contributed by atoms with Crippen LogP contribution in [0.4, 0.5) is 5.82 Å². The number of ether oxygens (including phenoxy) is 1. The minimum Gasteiger partial charge on any atom is -0.491 e. The number of aromatic nitrogens is 2. The second kappa shape index (κ2) is 6.76. The van der Waals surface area contributed by atoms with E-state index in [9.17, 15) is 0 Å². The Hall–Kier alpha value is -2.53. The van der Waals surface area contributed by atoms with E-state index < -0.39 is 0 Å². The van der Waals surface area contributed by atoms with Crippen LogP contribution in [0, 0.1) is 5.92 Å². The van der Waals surface area contributed by atoms with Crippen LogP contribution in [0.25, 0.3) is 22.0 Å². The molecule has 2 heterocycles. The zero-order chi connectivity index (χ0) is 17.2. The monoisotopic (exact) mass is 336 g/mol. The molecule has 0 unspecified atom stereocenters. The van der Waals surface area contributed by atoms with Crippen molar-refractivity contribution in [3.05, 3.63) is 42.5 Å². The molecule has 1 aliphatic heterocycles. The summed E-state index contributed by atoms with van der Waals surface area (Å²) in [6.45, 7) is 3.04. The van der Waals surface area contributed by atoms with Crippen molar-refractivity contribution in [2.24, 2.45) is 5.92 Å². The zero-order valence-corrected chi connectivity index (χ0v) is 14.5. The third kappa shape index (κ3) is 3.20. The Balaban J connectivity index is 1.61. The van der Waals surface area contributed by atoms with E-state index in [1.54, 1.807) is 0 Å². The number of fused-ring (bicyclic) bond motifs is 1. The molecule has 0 bridgehead atoms. The molecule has 130 valence electrons. The molecule has 0 radical (unpaired) electrons. The van der Waals surface area contributed by atoms with Crippen LogP contribution >= 0.6 is 0 Å². The average Bonchev–Trinajstić information content (AvgIpc) is 3.04. The van der Waals surface area contributed by atoms with Gasteiger partial charge in [-0.25, -0.2) is 0 Å². The van der Waals surface area contributed by atoms with Crippen molar-refractivity contribution in [3.8, 4) is 16.9 Å². The summed E-state index contributed by atoms with van der Waals surface area (Å²) in [4.78, 5) is 2.37. The normalized spacial score (nSPS) is 16.4. The number of nitrogens with two attached hydrogens (primary N) is 1. The molecule has 0 saturated carbocycles. The summed E-state index contributed by atoms with van der Waals surface area (Å²) in [6.07, 6.45) is 2.37. The first kappa shape index (κ1) is 16.0. The fourth-order valence-corrected chi connectivity index (χ4v) is 3.55. The van der Waals surface area contributed by atoms with Crippen LogP contribution in [0.15, 0.2) is 42.5 Å². The lowest BCUT2D eigenvalue weighted by Crippen LogP contribution is -2.32. The largest absolute Gasteiger partial charge is 0.491 e. The van der Waals surface area contributed by atoms with Crippen LogP contribution in [0.2, 0.25) is 0 Å². The van der Waals surface area contributed by atoms with E-state index in [1.165, 1.54) is 12.8 Å². The molecular weight excluding hydrogens is 312 g/mol. The van der Waals surface area contributed by atoms with Gasteiger partial charge in [-0.3, -0.25) is 5.10 Å². The van der Waals surface area contributed by atoms with E-state index in [0.29, 0.717) is 11.7 Å². The molecule has 2 aromatic carbocycles. The number of nitrogens with one attached hydrogen (secondary N) is 1. The van der Waals surface area contributed by atoms with Gasteiger partial charge in [0.15, 0.2) is 5.82 Å². The molecule has 1 aromatic heterocycles. The highest BCUT2D eigenvalue weighted by Crippen LogP contribution is 2.36. The van der Waals surface area contributed by atoms with Crippen LogP contribution in [0.3, 0.4) is 0 Å². The molecule has 1 fully saturated rings. The summed E-state index contributed by atoms with van der Waals surface area (Å²) in [7, 11) is 2.18. The smallest absolute Gasteiger partial charge is 0.153 e. The minimum atomic E-state index is 0.513. The lowest BCUT2D eigenvalue weighted by molar-refractivity contribution is 0.161. The summed E-state index contributed by atoms with van der Waals surface area (Å²) in [5.74, 6) is 1.96. The fraction of sp³-hybridized carbons (Fsp3) is 0.350. The predicted octanol–water partition coefficient (Wildman–Crippen LogP) is 3.53. The van der Waals surface area contributed by atoms with Gasteiger partial charge in [0.25, 0.3) is 0 Å². The summed E-state index contributed by atoms with van der Waals surface area (Å²) in [6, 6.07) is 14.3. The highest BCUT2D eigenvalue weighted by Gasteiger charge is 2.19. The minimum absolute atomic E-state index is 0.513. The maximum Gasteiger partial charge on any atom is 0.153 e. The quantitative estimate of drug-likeness (QED) is 0.765. The maximum atomic E-state index is 6.15. The van der Waals surface area contributed by atoms with Crippen molar-refractivity contribution in [2.45, 2.75) is 12.8 Å². The fourth-order valence-electron chi connectivity index (χ4n) is 3.55. The number of H-pyrrole nitrogens is 1. The Labute approximate surface area is 147 Å². The highest BCUT2D eigenvalue weighted by atomic mass is 16.5. The maximum absolute atomic E-state index is 6.15. The summed E-state index contributed by atoms with van der Waals surface area (Å²) in [5.41, 5.74) is 9.22. The van der Waals surface area contributed by atoms with E-state index >= 15 is 0 Å². The van der Waals surface area contributed by atoms with Gasteiger partial charge in [0.2, 0.25) is 0 Å². The lowest BCUT2D eigenvalue weighted by Gasteiger charge is -2.28. The average molecular weight is 336 g/mol. The Bertz CT molecular complexity index is 851. The van der Waals surface area contributed by atoms with E-state index in [-0.39, 0.29) is 0 Å². The van der Waals surface area contributed by atoms with Gasteiger partial charge >= 0.3 is 0 Å². The zero-order valence-electron chi connectivity index (χ0n) is 14.5. The molecule has 0 spiro atoms. The number of nitrogen functional groups attached to an aromatic ring is 1. The van der Waals surface area contributed by atoms with Gasteiger partial charge in [0.1, 0.15) is 11.3 Å². The van der Waals surface area contributed by atoms with Gasteiger partial charge in [-0.2, -0.15) is 5.10 Å². The number of likely N-dealkylation sites (tertiary alicyclic amines) is 1. The van der Waals surface area contributed by atoms with Crippen molar-refractivity contribution >= 4 is 16.7 Å². The molecule has 0 aliphatic carbocycles. The van der Waals surface area contributed by atoms with Crippen LogP contribution in [0.5, 0.6) is 5.75 Å². The van der Waals surface area contributed by atoms with Crippen LogP contribution < -0.4 is 10.5 Å². The Kier molecular flexibility index (Phi) is 4.32. The third-order valence-electron chi connectivity index (χ3n) is 5.11. The molecule has 1 saturated heterocycles. The molecule has 5 nitrogen and oxygen atoms in total. The van der Waals surface area contributed by atoms with Gasteiger partial charge in [0, 0.05) is 0 Å². The lowest BCUT2D eigenvalue weighted by atomic mass is 9.98. The third-order valence-corrected chi connectivity index (χ3v) is 5.11. The van der Waals surface area contributed by atoms with Crippen molar-refractivity contribution in [1.82, 2.24) is 15.1 Å². The number of aromatic amines is 1. The van der Waals surface area contributed by atoms with Gasteiger partial charge in [-0.05, 0) is 62.2 Å². The number of piperidine rings is 1. The Morgan fingerprint density at radius 3 is 2.68 bits per heavy atom. The molecule has 0 amide bonds. The van der Waals surface area contributed by atoms with Crippen molar-refractivity contribution in [1.29, 1.82) is 0 Å². The van der Waals surface area contributed by atoms with Crippen molar-refractivity contribution in [2.75, 3.05) is 32.5 Å². The van der Waals surface area contributed by atoms with E-state index in [4.69, 9.17) is 10.5 Å². The van der Waals surface area contributed by atoms with Gasteiger partial charge < -0.3 is 15.4 Å². The predicted molar refractivity (Wildman–Crippen MR) is 102 cm³/mol. The number of anilines is 1. The van der Waals surface area contributed by atoms with Gasteiger partial charge in [-0.1, -0.05) is 30.3 Å². The molecule has 3 aromatic rings. The highest BCUT2D eigenvalue weighted by molar-refractivity contribution is 6.04. The second-order valence-corrected chi connectivity index (χ2v) is 6.89. The summed E-state index contributed by atoms with van der Waals surface area (Å²) >= 11 is 0. The molecule has 25 heavy (non-hydrogen) atoms. The molecule has 4 rings (SSSR count). The van der Waals surface area contributed by atoms with Crippen molar-refractivity contribution < 1.29 is 4.74 Å². The number of hydrogen-bond acceptors (Lipinski definition) is 4. The number of rotatable bonds is 4. The van der Waals surface area contributed by atoms with Crippen molar-refractivity contribution in [3.63, 3.8) is 0 Å². The van der Waals surface area contributed by atoms with E-state index in [0.717, 1.165) is 47.5 Å². The summed E-state index contributed by atoms with van der Waals surface area (Å²) in [5, 5.41) is 8.20. The first-order valence-electron chi connectivity index (χ1n) is 8.85. The standard InChI is InChI=1S/C20H24N4O/c1-24-11-9-14(10-12-24)13-25-17-8-7-16(15-5-3-2-4-6-15)18-19(17)22-23-20(18)21/h2-8,14H,9-13H2,1H3,(H3,21,22,23). The van der Waals surface area contributed by atoms with Crippen LogP contribution in [-0.4, -0.2) is 41.8 Å². The first-order valence-corrected chi connectivity index (χ1v) is 8.85.